The second-order valence-electron chi connectivity index (χ2n) is 5.34. The molecule has 1 heterocycles. The van der Waals surface area contributed by atoms with Crippen molar-refractivity contribution in [2.45, 2.75) is 13.8 Å². The fourth-order valence-electron chi connectivity index (χ4n) is 2.49. The number of hydrogen-bond acceptors (Lipinski definition) is 2. The predicted octanol–water partition coefficient (Wildman–Crippen LogP) is 6.73. The zero-order chi connectivity index (χ0) is 16.7. The Hall–Kier alpha value is -1.26. The summed E-state index contributed by atoms with van der Waals surface area (Å²) in [6.07, 6.45) is 0. The van der Waals surface area contributed by atoms with Crippen LogP contribution in [0.4, 0.5) is 5.69 Å². The van der Waals surface area contributed by atoms with Crippen LogP contribution in [-0.4, -0.2) is 5.91 Å². The molecule has 1 amide bonds. The highest BCUT2D eigenvalue weighted by molar-refractivity contribution is 7.21. The molecule has 0 bridgehead atoms. The number of thiophene rings is 1. The van der Waals surface area contributed by atoms with Crippen molar-refractivity contribution >= 4 is 67.8 Å². The van der Waals surface area contributed by atoms with E-state index in [1.54, 1.807) is 12.1 Å². The molecular weight excluding hydrogens is 373 g/mol. The number of fused-ring (bicyclic) bond motifs is 1. The summed E-state index contributed by atoms with van der Waals surface area (Å²) in [5.74, 6) is -0.256. The van der Waals surface area contributed by atoms with Gasteiger partial charge in [0.25, 0.3) is 5.91 Å². The van der Waals surface area contributed by atoms with Crippen LogP contribution in [0.2, 0.25) is 15.1 Å². The average molecular weight is 385 g/mol. The molecule has 1 aromatic heterocycles. The molecule has 0 fully saturated rings. The van der Waals surface area contributed by atoms with Crippen LogP contribution in [0.25, 0.3) is 10.1 Å². The topological polar surface area (TPSA) is 29.1 Å². The lowest BCUT2D eigenvalue weighted by molar-refractivity contribution is 0.103. The number of rotatable bonds is 2. The summed E-state index contributed by atoms with van der Waals surface area (Å²) < 4.78 is 0.790. The van der Waals surface area contributed by atoms with Crippen LogP contribution in [0, 0.1) is 13.8 Å². The molecule has 23 heavy (non-hydrogen) atoms. The van der Waals surface area contributed by atoms with Crippen molar-refractivity contribution in [1.29, 1.82) is 0 Å². The van der Waals surface area contributed by atoms with Gasteiger partial charge in [-0.25, -0.2) is 0 Å². The molecule has 3 aromatic rings. The van der Waals surface area contributed by atoms with Gasteiger partial charge in [0.05, 0.1) is 10.0 Å². The van der Waals surface area contributed by atoms with Gasteiger partial charge < -0.3 is 5.32 Å². The minimum atomic E-state index is -0.256. The maximum Gasteiger partial charge on any atom is 0.267 e. The molecule has 0 aliphatic heterocycles. The molecule has 0 aliphatic rings. The van der Waals surface area contributed by atoms with Gasteiger partial charge in [0.15, 0.2) is 0 Å². The molecule has 0 saturated carbocycles. The molecule has 0 radical (unpaired) electrons. The van der Waals surface area contributed by atoms with Crippen molar-refractivity contribution in [3.05, 3.63) is 61.4 Å². The average Bonchev–Trinajstić information content (AvgIpc) is 2.74. The largest absolute Gasteiger partial charge is 0.321 e. The number of benzene rings is 2. The number of carbonyl (C=O) groups excluding carboxylic acids is 1. The van der Waals surface area contributed by atoms with Crippen LogP contribution in [0.5, 0.6) is 0 Å². The number of amides is 1. The normalized spacial score (nSPS) is 11.0. The van der Waals surface area contributed by atoms with E-state index in [0.29, 0.717) is 25.3 Å². The maximum atomic E-state index is 12.6. The van der Waals surface area contributed by atoms with Gasteiger partial charge in [-0.05, 0) is 49.2 Å². The molecule has 2 aromatic carbocycles. The van der Waals surface area contributed by atoms with Crippen molar-refractivity contribution in [2.24, 2.45) is 0 Å². The first kappa shape index (κ1) is 16.6. The van der Waals surface area contributed by atoms with E-state index in [1.807, 2.05) is 32.0 Å². The first-order valence-corrected chi connectivity index (χ1v) is 8.77. The molecule has 0 unspecified atom stereocenters. The van der Waals surface area contributed by atoms with Gasteiger partial charge in [-0.15, -0.1) is 11.3 Å². The molecule has 2 nitrogen and oxygen atoms in total. The first-order chi connectivity index (χ1) is 10.8. The molecule has 0 spiro atoms. The smallest absolute Gasteiger partial charge is 0.267 e. The summed E-state index contributed by atoms with van der Waals surface area (Å²) in [5, 5.41) is 4.86. The minimum absolute atomic E-state index is 0.256. The molecule has 6 heteroatoms. The molecule has 118 valence electrons. The lowest BCUT2D eigenvalue weighted by Crippen LogP contribution is -2.10. The number of nitrogens with one attached hydrogen (secondary N) is 1. The summed E-state index contributed by atoms with van der Waals surface area (Å²) in [4.78, 5) is 13.0. The third kappa shape index (κ3) is 3.33. The molecule has 1 N–H and O–H groups in total. The van der Waals surface area contributed by atoms with Crippen molar-refractivity contribution in [2.75, 3.05) is 5.32 Å². The van der Waals surface area contributed by atoms with Crippen LogP contribution in [0.3, 0.4) is 0 Å². The quantitative estimate of drug-likeness (QED) is 0.521. The highest BCUT2D eigenvalue weighted by atomic mass is 35.5. The lowest BCUT2D eigenvalue weighted by atomic mass is 10.1. The van der Waals surface area contributed by atoms with Gasteiger partial charge in [-0.3, -0.25) is 4.79 Å². The Morgan fingerprint density at radius 2 is 1.65 bits per heavy atom. The Kier molecular flexibility index (Phi) is 4.56. The SMILES string of the molecule is Cc1cc(C)cc(NC(=O)c2sc3cc(Cl)cc(Cl)c3c2Cl)c1. The van der Waals surface area contributed by atoms with Crippen molar-refractivity contribution < 1.29 is 4.79 Å². The second-order valence-corrected chi connectivity index (χ2v) is 7.61. The number of anilines is 1. The van der Waals surface area contributed by atoms with Crippen LogP contribution in [-0.2, 0) is 0 Å². The van der Waals surface area contributed by atoms with E-state index in [9.17, 15) is 4.79 Å². The summed E-state index contributed by atoms with van der Waals surface area (Å²) >= 11 is 19.8. The Morgan fingerprint density at radius 1 is 1.00 bits per heavy atom. The monoisotopic (exact) mass is 383 g/mol. The molecule has 0 atom stereocenters. The first-order valence-electron chi connectivity index (χ1n) is 6.82. The highest BCUT2D eigenvalue weighted by Gasteiger charge is 2.19. The number of aryl methyl sites for hydroxylation is 2. The number of carbonyl (C=O) groups is 1. The van der Waals surface area contributed by atoms with Crippen molar-refractivity contribution in [3.8, 4) is 0 Å². The van der Waals surface area contributed by atoms with Crippen LogP contribution in [0.15, 0.2) is 30.3 Å². The third-order valence-corrected chi connectivity index (χ3v) is 5.48. The lowest BCUT2D eigenvalue weighted by Gasteiger charge is -2.06. The maximum absolute atomic E-state index is 12.6. The van der Waals surface area contributed by atoms with Crippen molar-refractivity contribution in [1.82, 2.24) is 0 Å². The Bertz CT molecular complexity index is 913. The molecular formula is C17H12Cl3NOS. The van der Waals surface area contributed by atoms with E-state index >= 15 is 0 Å². The Morgan fingerprint density at radius 3 is 2.30 bits per heavy atom. The zero-order valence-electron chi connectivity index (χ0n) is 12.3. The summed E-state index contributed by atoms with van der Waals surface area (Å²) in [7, 11) is 0. The third-order valence-electron chi connectivity index (χ3n) is 3.34. The Balaban J connectivity index is 2.01. The standard InChI is InChI=1S/C17H12Cl3NOS/c1-8-3-9(2)5-11(4-8)21-17(22)16-15(20)14-12(19)6-10(18)7-13(14)23-16/h3-7H,1-2H3,(H,21,22). The van der Waals surface area contributed by atoms with E-state index < -0.39 is 0 Å². The van der Waals surface area contributed by atoms with E-state index in [4.69, 9.17) is 34.8 Å². The van der Waals surface area contributed by atoms with E-state index in [2.05, 4.69) is 5.32 Å². The van der Waals surface area contributed by atoms with Gasteiger partial charge in [-0.2, -0.15) is 0 Å². The van der Waals surface area contributed by atoms with Gasteiger partial charge in [-0.1, -0.05) is 40.9 Å². The number of halogens is 3. The fraction of sp³-hybridized carbons (Fsp3) is 0.118. The molecule has 0 aliphatic carbocycles. The van der Waals surface area contributed by atoms with E-state index in [-0.39, 0.29) is 5.91 Å². The van der Waals surface area contributed by atoms with E-state index in [1.165, 1.54) is 11.3 Å². The highest BCUT2D eigenvalue weighted by Crippen LogP contribution is 2.41. The minimum Gasteiger partial charge on any atom is -0.321 e. The van der Waals surface area contributed by atoms with Crippen LogP contribution < -0.4 is 5.32 Å². The van der Waals surface area contributed by atoms with Gasteiger partial charge >= 0.3 is 0 Å². The Labute approximate surface area is 153 Å². The summed E-state index contributed by atoms with van der Waals surface area (Å²) in [6, 6.07) is 9.25. The summed E-state index contributed by atoms with van der Waals surface area (Å²) in [6.45, 7) is 3.97. The molecule has 3 rings (SSSR count). The zero-order valence-corrected chi connectivity index (χ0v) is 15.4. The predicted molar refractivity (Wildman–Crippen MR) is 101 cm³/mol. The number of hydrogen-bond donors (Lipinski definition) is 1. The van der Waals surface area contributed by atoms with Gasteiger partial charge in [0.2, 0.25) is 0 Å². The van der Waals surface area contributed by atoms with Crippen molar-refractivity contribution in [3.63, 3.8) is 0 Å². The van der Waals surface area contributed by atoms with Crippen LogP contribution in [0.1, 0.15) is 20.8 Å². The van der Waals surface area contributed by atoms with E-state index in [0.717, 1.165) is 21.5 Å². The van der Waals surface area contributed by atoms with Crippen LogP contribution >= 0.6 is 46.1 Å². The van der Waals surface area contributed by atoms with Gasteiger partial charge in [0.1, 0.15) is 4.88 Å². The van der Waals surface area contributed by atoms with Gasteiger partial charge in [0, 0.05) is 20.8 Å². The molecule has 0 saturated heterocycles. The summed E-state index contributed by atoms with van der Waals surface area (Å²) in [5.41, 5.74) is 2.90. The fourth-order valence-corrected chi connectivity index (χ4v) is 4.77. The second kappa shape index (κ2) is 6.33.